The van der Waals surface area contributed by atoms with Crippen molar-refractivity contribution < 1.29 is 13.5 Å². The molecule has 3 rings (SSSR count). The van der Waals surface area contributed by atoms with Crippen molar-refractivity contribution in [3.8, 4) is 5.75 Å². The molecule has 0 amide bonds. The highest BCUT2D eigenvalue weighted by Gasteiger charge is 2.05. The van der Waals surface area contributed by atoms with Gasteiger partial charge < -0.3 is 10.5 Å². The van der Waals surface area contributed by atoms with Crippen molar-refractivity contribution in [3.63, 3.8) is 0 Å². The zero-order valence-corrected chi connectivity index (χ0v) is 13.8. The molecule has 3 aromatic rings. The lowest BCUT2D eigenvalue weighted by atomic mass is 10.2. The van der Waals surface area contributed by atoms with Crippen LogP contribution in [0, 0.1) is 11.6 Å². The molecule has 8 heteroatoms. The SMILES string of the molecule is Nc1csc(NN=Cc2ccc(OCc3cc(F)ccc3F)cc2)n1. The number of nitrogens with zero attached hydrogens (tertiary/aromatic N) is 2. The van der Waals surface area contributed by atoms with Crippen LogP contribution in [0.3, 0.4) is 0 Å². The van der Waals surface area contributed by atoms with Gasteiger partial charge in [0.25, 0.3) is 0 Å². The molecule has 0 spiro atoms. The van der Waals surface area contributed by atoms with E-state index >= 15 is 0 Å². The molecular weight excluding hydrogens is 346 g/mol. The standard InChI is InChI=1S/C17H14F2N4OS/c18-13-3-6-15(19)12(7-13)9-24-14-4-1-11(2-5-14)8-21-23-17-22-16(20)10-25-17/h1-8,10H,9,20H2,(H,22,23). The van der Waals surface area contributed by atoms with Crippen LogP contribution < -0.4 is 15.9 Å². The van der Waals surface area contributed by atoms with Crippen molar-refractivity contribution in [3.05, 3.63) is 70.6 Å². The van der Waals surface area contributed by atoms with Gasteiger partial charge in [-0.25, -0.2) is 13.8 Å². The predicted molar refractivity (Wildman–Crippen MR) is 94.9 cm³/mol. The topological polar surface area (TPSA) is 72.5 Å². The molecule has 25 heavy (non-hydrogen) atoms. The van der Waals surface area contributed by atoms with Crippen molar-refractivity contribution in [1.82, 2.24) is 4.98 Å². The van der Waals surface area contributed by atoms with Crippen LogP contribution in [0.5, 0.6) is 5.75 Å². The minimum Gasteiger partial charge on any atom is -0.489 e. The van der Waals surface area contributed by atoms with Crippen molar-refractivity contribution >= 4 is 28.5 Å². The molecule has 0 radical (unpaired) electrons. The molecule has 0 atom stereocenters. The van der Waals surface area contributed by atoms with Crippen LogP contribution >= 0.6 is 11.3 Å². The Balaban J connectivity index is 1.55. The molecule has 128 valence electrons. The van der Waals surface area contributed by atoms with Crippen LogP contribution in [0.1, 0.15) is 11.1 Å². The molecule has 1 heterocycles. The summed E-state index contributed by atoms with van der Waals surface area (Å²) in [6, 6.07) is 10.3. The van der Waals surface area contributed by atoms with Crippen LogP contribution in [-0.4, -0.2) is 11.2 Å². The number of anilines is 2. The van der Waals surface area contributed by atoms with E-state index in [0.717, 1.165) is 23.8 Å². The molecule has 0 aliphatic heterocycles. The maximum Gasteiger partial charge on any atom is 0.205 e. The van der Waals surface area contributed by atoms with Crippen molar-refractivity contribution in [2.75, 3.05) is 11.2 Å². The molecule has 0 saturated carbocycles. The quantitative estimate of drug-likeness (QED) is 0.514. The number of halogens is 2. The monoisotopic (exact) mass is 360 g/mol. The highest BCUT2D eigenvalue weighted by molar-refractivity contribution is 7.14. The Morgan fingerprint density at radius 1 is 1.20 bits per heavy atom. The average Bonchev–Trinajstić information content (AvgIpc) is 3.02. The summed E-state index contributed by atoms with van der Waals surface area (Å²) in [5, 5.41) is 6.37. The smallest absolute Gasteiger partial charge is 0.205 e. The zero-order valence-electron chi connectivity index (χ0n) is 12.9. The van der Waals surface area contributed by atoms with Crippen LogP contribution in [-0.2, 0) is 6.61 Å². The summed E-state index contributed by atoms with van der Waals surface area (Å²) in [4.78, 5) is 4.02. The summed E-state index contributed by atoms with van der Waals surface area (Å²) in [6.07, 6.45) is 1.62. The summed E-state index contributed by atoms with van der Waals surface area (Å²) in [6.45, 7) is -0.0515. The molecule has 0 aliphatic carbocycles. The molecular formula is C17H14F2N4OS. The molecule has 5 nitrogen and oxygen atoms in total. The Morgan fingerprint density at radius 3 is 2.72 bits per heavy atom. The summed E-state index contributed by atoms with van der Waals surface area (Å²) >= 11 is 1.36. The third-order valence-electron chi connectivity index (χ3n) is 3.18. The van der Waals surface area contributed by atoms with E-state index in [1.165, 1.54) is 11.3 Å². The lowest BCUT2D eigenvalue weighted by Crippen LogP contribution is -1.99. The van der Waals surface area contributed by atoms with Gasteiger partial charge in [-0.2, -0.15) is 5.10 Å². The van der Waals surface area contributed by atoms with E-state index in [9.17, 15) is 8.78 Å². The van der Waals surface area contributed by atoms with Gasteiger partial charge in [0.1, 0.15) is 29.8 Å². The van der Waals surface area contributed by atoms with Gasteiger partial charge in [0.15, 0.2) is 0 Å². The average molecular weight is 360 g/mol. The lowest BCUT2D eigenvalue weighted by molar-refractivity contribution is 0.299. The van der Waals surface area contributed by atoms with Crippen molar-refractivity contribution in [1.29, 1.82) is 0 Å². The van der Waals surface area contributed by atoms with E-state index < -0.39 is 11.6 Å². The molecule has 0 saturated heterocycles. The predicted octanol–water partition coefficient (Wildman–Crippen LogP) is 4.03. The number of benzene rings is 2. The number of hydrogen-bond acceptors (Lipinski definition) is 6. The lowest BCUT2D eigenvalue weighted by Gasteiger charge is -2.07. The maximum absolute atomic E-state index is 13.5. The Kier molecular flexibility index (Phi) is 5.20. The molecule has 2 aromatic carbocycles. The minimum absolute atomic E-state index is 0.0515. The molecule has 0 bridgehead atoms. The van der Waals surface area contributed by atoms with E-state index in [0.29, 0.717) is 16.7 Å². The van der Waals surface area contributed by atoms with E-state index in [1.54, 1.807) is 35.9 Å². The molecule has 1 aromatic heterocycles. The third kappa shape index (κ3) is 4.74. The van der Waals surface area contributed by atoms with E-state index in [2.05, 4.69) is 15.5 Å². The number of nitrogens with one attached hydrogen (secondary N) is 1. The highest BCUT2D eigenvalue weighted by Crippen LogP contribution is 2.17. The van der Waals surface area contributed by atoms with E-state index in [4.69, 9.17) is 10.5 Å². The maximum atomic E-state index is 13.5. The molecule has 0 aliphatic rings. The van der Waals surface area contributed by atoms with Gasteiger partial charge in [-0.1, -0.05) is 0 Å². The summed E-state index contributed by atoms with van der Waals surface area (Å²) in [7, 11) is 0. The minimum atomic E-state index is -0.501. The molecule has 0 fully saturated rings. The van der Waals surface area contributed by atoms with Crippen LogP contribution in [0.4, 0.5) is 19.7 Å². The van der Waals surface area contributed by atoms with Gasteiger partial charge in [-0.3, -0.25) is 5.43 Å². The van der Waals surface area contributed by atoms with Crippen molar-refractivity contribution in [2.24, 2.45) is 5.10 Å². The van der Waals surface area contributed by atoms with Crippen LogP contribution in [0.25, 0.3) is 0 Å². The molecule has 0 unspecified atom stereocenters. The first-order valence-electron chi connectivity index (χ1n) is 7.27. The Morgan fingerprint density at radius 2 is 2.00 bits per heavy atom. The second-order valence-electron chi connectivity index (χ2n) is 5.04. The number of ether oxygens (including phenoxy) is 1. The van der Waals surface area contributed by atoms with E-state index in [1.807, 2.05) is 0 Å². The number of nitrogen functional groups attached to an aromatic ring is 1. The first-order chi connectivity index (χ1) is 12.1. The van der Waals surface area contributed by atoms with Gasteiger partial charge in [0.2, 0.25) is 5.13 Å². The number of rotatable bonds is 6. The number of aromatic nitrogens is 1. The highest BCUT2D eigenvalue weighted by atomic mass is 32.1. The van der Waals surface area contributed by atoms with Crippen molar-refractivity contribution in [2.45, 2.75) is 6.61 Å². The zero-order chi connectivity index (χ0) is 17.6. The fourth-order valence-electron chi connectivity index (χ4n) is 1.96. The Hall–Kier alpha value is -3.00. The fourth-order valence-corrected chi connectivity index (χ4v) is 2.51. The van der Waals surface area contributed by atoms with Crippen LogP contribution in [0.15, 0.2) is 52.9 Å². The second kappa shape index (κ2) is 7.71. The fraction of sp³-hybridized carbons (Fsp3) is 0.0588. The number of nitrogens with two attached hydrogens (primary N) is 1. The van der Waals surface area contributed by atoms with Gasteiger partial charge in [0.05, 0.1) is 6.21 Å². The second-order valence-corrected chi connectivity index (χ2v) is 5.90. The van der Waals surface area contributed by atoms with Gasteiger partial charge >= 0.3 is 0 Å². The normalized spacial score (nSPS) is 11.0. The summed E-state index contributed by atoms with van der Waals surface area (Å²) in [5.41, 5.74) is 9.29. The van der Waals surface area contributed by atoms with Gasteiger partial charge in [-0.05, 0) is 48.0 Å². The van der Waals surface area contributed by atoms with Gasteiger partial charge in [0, 0.05) is 10.9 Å². The number of hydrazone groups is 1. The van der Waals surface area contributed by atoms with E-state index in [-0.39, 0.29) is 12.2 Å². The molecule has 3 N–H and O–H groups in total. The third-order valence-corrected chi connectivity index (χ3v) is 3.94. The van der Waals surface area contributed by atoms with Gasteiger partial charge in [-0.15, -0.1) is 11.3 Å². The summed E-state index contributed by atoms with van der Waals surface area (Å²) in [5.74, 6) is -0.0134. The first kappa shape index (κ1) is 16.8. The summed E-state index contributed by atoms with van der Waals surface area (Å²) < 4.78 is 32.1. The Bertz CT molecular complexity index is 881. The largest absolute Gasteiger partial charge is 0.489 e. The van der Waals surface area contributed by atoms with Crippen LogP contribution in [0.2, 0.25) is 0 Å². The number of hydrogen-bond donors (Lipinski definition) is 2. The Labute approximate surface area is 146 Å². The number of thiazole rings is 1. The first-order valence-corrected chi connectivity index (χ1v) is 8.15.